The maximum atomic E-state index is 13.5. The first kappa shape index (κ1) is 16.1. The van der Waals surface area contributed by atoms with E-state index < -0.39 is 26.6 Å². The van der Waals surface area contributed by atoms with Crippen molar-refractivity contribution in [2.24, 2.45) is 0 Å². The van der Waals surface area contributed by atoms with Gasteiger partial charge in [0.1, 0.15) is 16.5 Å². The molecule has 0 aliphatic carbocycles. The number of hydrogen-bond acceptors (Lipinski definition) is 2. The minimum absolute atomic E-state index is 0.0295. The third kappa shape index (κ3) is 4.09. The Morgan fingerprint density at radius 3 is 2.19 bits per heavy atom. The summed E-state index contributed by atoms with van der Waals surface area (Å²) in [4.78, 5) is -0.569. The first-order valence-electron chi connectivity index (χ1n) is 6.01. The highest BCUT2D eigenvalue weighted by atomic mass is 79.9. The van der Waals surface area contributed by atoms with E-state index in [9.17, 15) is 17.2 Å². The Morgan fingerprint density at radius 1 is 1.00 bits per heavy atom. The fraction of sp³-hybridized carbons (Fsp3) is 0.143. The van der Waals surface area contributed by atoms with Crippen molar-refractivity contribution in [1.29, 1.82) is 0 Å². The van der Waals surface area contributed by atoms with Gasteiger partial charge in [0.2, 0.25) is 10.0 Å². The third-order valence-electron chi connectivity index (χ3n) is 2.83. The summed E-state index contributed by atoms with van der Waals surface area (Å²) in [6.07, 6.45) is 0. The first-order chi connectivity index (χ1) is 9.92. The number of sulfonamides is 1. The quantitative estimate of drug-likeness (QED) is 0.814. The lowest BCUT2D eigenvalue weighted by Crippen LogP contribution is -2.24. The molecule has 3 nitrogen and oxygen atoms in total. The zero-order valence-electron chi connectivity index (χ0n) is 10.8. The van der Waals surface area contributed by atoms with Crippen LogP contribution in [0.3, 0.4) is 0 Å². The van der Waals surface area contributed by atoms with Gasteiger partial charge >= 0.3 is 0 Å². The molecule has 0 amide bonds. The lowest BCUT2D eigenvalue weighted by atomic mass is 10.2. The van der Waals surface area contributed by atoms with Crippen LogP contribution in [0.5, 0.6) is 0 Å². The van der Waals surface area contributed by atoms with E-state index in [2.05, 4.69) is 20.7 Å². The second-order valence-electron chi connectivity index (χ2n) is 4.35. The molecule has 0 heterocycles. The van der Waals surface area contributed by atoms with Crippen molar-refractivity contribution in [2.45, 2.75) is 16.8 Å². The molecular formula is C14H12BrF2NO2S. The van der Waals surface area contributed by atoms with E-state index in [-0.39, 0.29) is 6.54 Å². The monoisotopic (exact) mass is 375 g/mol. The summed E-state index contributed by atoms with van der Waals surface area (Å²) >= 11 is 3.31. The highest BCUT2D eigenvalue weighted by Gasteiger charge is 2.19. The molecule has 0 radical (unpaired) electrons. The minimum atomic E-state index is -4.02. The SMILES string of the molecule is O=S(=O)(NCc1ccc(CBr)cc1)c1ccc(F)cc1F. The number of nitrogens with one attached hydrogen (secondary N) is 1. The summed E-state index contributed by atoms with van der Waals surface area (Å²) < 4.78 is 52.6. The highest BCUT2D eigenvalue weighted by molar-refractivity contribution is 9.08. The predicted octanol–water partition coefficient (Wildman–Crippen LogP) is 3.34. The minimum Gasteiger partial charge on any atom is -0.207 e. The Morgan fingerprint density at radius 2 is 1.62 bits per heavy atom. The van der Waals surface area contributed by atoms with E-state index in [1.54, 1.807) is 12.1 Å². The summed E-state index contributed by atoms with van der Waals surface area (Å²) in [5.74, 6) is -1.94. The van der Waals surface area contributed by atoms with Gasteiger partial charge in [-0.1, -0.05) is 40.2 Å². The molecule has 0 aromatic heterocycles. The van der Waals surface area contributed by atoms with Crippen molar-refractivity contribution >= 4 is 26.0 Å². The van der Waals surface area contributed by atoms with Gasteiger partial charge in [-0.25, -0.2) is 21.9 Å². The number of hydrogen-bond donors (Lipinski definition) is 1. The smallest absolute Gasteiger partial charge is 0.207 e. The standard InChI is InChI=1S/C14H12BrF2NO2S/c15-8-10-1-3-11(4-2-10)9-18-21(19,20)14-6-5-12(16)7-13(14)17/h1-7,18H,8-9H2. The molecule has 0 aliphatic rings. The molecule has 21 heavy (non-hydrogen) atoms. The third-order valence-corrected chi connectivity index (χ3v) is 4.91. The van der Waals surface area contributed by atoms with Gasteiger partial charge in [0.25, 0.3) is 0 Å². The van der Waals surface area contributed by atoms with Crippen LogP contribution in [0.4, 0.5) is 8.78 Å². The molecule has 7 heteroatoms. The topological polar surface area (TPSA) is 46.2 Å². The summed E-state index contributed by atoms with van der Waals surface area (Å²) in [5.41, 5.74) is 1.80. The molecule has 0 spiro atoms. The van der Waals surface area contributed by atoms with Crippen molar-refractivity contribution in [2.75, 3.05) is 0 Å². The van der Waals surface area contributed by atoms with Gasteiger partial charge in [0.15, 0.2) is 0 Å². The fourth-order valence-electron chi connectivity index (χ4n) is 1.70. The van der Waals surface area contributed by atoms with E-state index in [4.69, 9.17) is 0 Å². The maximum absolute atomic E-state index is 13.5. The molecule has 0 saturated carbocycles. The van der Waals surface area contributed by atoms with Crippen molar-refractivity contribution in [1.82, 2.24) is 4.72 Å². The zero-order chi connectivity index (χ0) is 15.5. The lowest BCUT2D eigenvalue weighted by Gasteiger charge is -2.08. The predicted molar refractivity (Wildman–Crippen MR) is 79.5 cm³/mol. The average molecular weight is 376 g/mol. The van der Waals surface area contributed by atoms with Crippen LogP contribution in [0.15, 0.2) is 47.4 Å². The van der Waals surface area contributed by atoms with Crippen LogP contribution in [0, 0.1) is 11.6 Å². The van der Waals surface area contributed by atoms with Crippen molar-refractivity contribution in [3.05, 3.63) is 65.2 Å². The van der Waals surface area contributed by atoms with Crippen LogP contribution in [0.25, 0.3) is 0 Å². The molecule has 112 valence electrons. The van der Waals surface area contributed by atoms with Crippen LogP contribution < -0.4 is 4.72 Å². The van der Waals surface area contributed by atoms with E-state index >= 15 is 0 Å². The van der Waals surface area contributed by atoms with Gasteiger partial charge in [0, 0.05) is 17.9 Å². The molecule has 2 aromatic rings. The summed E-state index contributed by atoms with van der Waals surface area (Å²) in [6, 6.07) is 9.62. The molecule has 0 bridgehead atoms. The highest BCUT2D eigenvalue weighted by Crippen LogP contribution is 2.16. The molecule has 1 N–H and O–H groups in total. The fourth-order valence-corrected chi connectivity index (χ4v) is 3.14. The van der Waals surface area contributed by atoms with Crippen LogP contribution >= 0.6 is 15.9 Å². The first-order valence-corrected chi connectivity index (χ1v) is 8.61. The van der Waals surface area contributed by atoms with Crippen LogP contribution in [-0.4, -0.2) is 8.42 Å². The van der Waals surface area contributed by atoms with E-state index in [0.717, 1.165) is 23.3 Å². The Hall–Kier alpha value is -1.31. The zero-order valence-corrected chi connectivity index (χ0v) is 13.2. The van der Waals surface area contributed by atoms with E-state index in [1.165, 1.54) is 0 Å². The summed E-state index contributed by atoms with van der Waals surface area (Å²) in [5, 5.41) is 0.708. The second-order valence-corrected chi connectivity index (χ2v) is 6.65. The molecule has 0 unspecified atom stereocenters. The van der Waals surface area contributed by atoms with Crippen LogP contribution in [-0.2, 0) is 21.9 Å². The molecule has 0 atom stereocenters. The van der Waals surface area contributed by atoms with Crippen molar-refractivity contribution < 1.29 is 17.2 Å². The average Bonchev–Trinajstić information content (AvgIpc) is 2.45. The van der Waals surface area contributed by atoms with Gasteiger partial charge < -0.3 is 0 Å². The molecule has 0 fully saturated rings. The summed E-state index contributed by atoms with van der Waals surface area (Å²) in [7, 11) is -4.02. The molecule has 0 aliphatic heterocycles. The Balaban J connectivity index is 2.13. The molecule has 2 rings (SSSR count). The van der Waals surface area contributed by atoms with Crippen molar-refractivity contribution in [3.63, 3.8) is 0 Å². The van der Waals surface area contributed by atoms with Gasteiger partial charge in [-0.05, 0) is 23.3 Å². The van der Waals surface area contributed by atoms with Crippen LogP contribution in [0.1, 0.15) is 11.1 Å². The second kappa shape index (κ2) is 6.64. The number of benzene rings is 2. The number of rotatable bonds is 5. The molecular weight excluding hydrogens is 364 g/mol. The van der Waals surface area contributed by atoms with E-state index in [1.807, 2.05) is 12.1 Å². The Labute approximate surface area is 130 Å². The lowest BCUT2D eigenvalue weighted by molar-refractivity contribution is 0.543. The molecule has 0 saturated heterocycles. The summed E-state index contributed by atoms with van der Waals surface area (Å²) in [6.45, 7) is 0.0295. The van der Waals surface area contributed by atoms with E-state index in [0.29, 0.717) is 11.4 Å². The number of halogens is 3. The largest absolute Gasteiger partial charge is 0.243 e. The van der Waals surface area contributed by atoms with Gasteiger partial charge in [0.05, 0.1) is 0 Å². The molecule has 2 aromatic carbocycles. The van der Waals surface area contributed by atoms with Gasteiger partial charge in [-0.3, -0.25) is 0 Å². The van der Waals surface area contributed by atoms with Crippen molar-refractivity contribution in [3.8, 4) is 0 Å². The van der Waals surface area contributed by atoms with Crippen LogP contribution in [0.2, 0.25) is 0 Å². The van der Waals surface area contributed by atoms with Gasteiger partial charge in [-0.2, -0.15) is 0 Å². The Kier molecular flexibility index (Phi) is 5.08. The van der Waals surface area contributed by atoms with Gasteiger partial charge in [-0.15, -0.1) is 0 Å². The number of alkyl halides is 1. The normalized spacial score (nSPS) is 11.6. The Bertz CT molecular complexity index is 733. The maximum Gasteiger partial charge on any atom is 0.243 e.